The van der Waals surface area contributed by atoms with Crippen molar-refractivity contribution in [3.63, 3.8) is 0 Å². The predicted octanol–water partition coefficient (Wildman–Crippen LogP) is 3.21. The van der Waals surface area contributed by atoms with Gasteiger partial charge < -0.3 is 10.1 Å². The van der Waals surface area contributed by atoms with Gasteiger partial charge >= 0.3 is 0 Å². The van der Waals surface area contributed by atoms with Gasteiger partial charge in [0.15, 0.2) is 0 Å². The monoisotopic (exact) mass is 330 g/mol. The number of ether oxygens (including phenoxy) is 1. The Bertz CT molecular complexity index is 525. The number of likely N-dealkylation sites (tertiary alicyclic amines) is 1. The molecule has 1 amide bonds. The number of nitrogens with one attached hydrogen (secondary N) is 1. The molecule has 0 spiro atoms. The minimum absolute atomic E-state index is 0.157. The molecule has 1 aromatic rings. The second-order valence-corrected chi connectivity index (χ2v) is 7.26. The molecule has 1 saturated carbocycles. The predicted molar refractivity (Wildman–Crippen MR) is 96.0 cm³/mol. The summed E-state index contributed by atoms with van der Waals surface area (Å²) in [5.41, 5.74) is 1.29. The lowest BCUT2D eigenvalue weighted by atomic mass is 9.96. The maximum Gasteiger partial charge on any atom is 0.224 e. The normalized spacial score (nSPS) is 21.5. The fraction of sp³-hybridized carbons (Fsp3) is 0.650. The van der Waals surface area contributed by atoms with Gasteiger partial charge in [0.25, 0.3) is 0 Å². The first-order valence-electron chi connectivity index (χ1n) is 9.46. The molecule has 4 heteroatoms. The van der Waals surface area contributed by atoms with Crippen LogP contribution in [0.15, 0.2) is 24.3 Å². The lowest BCUT2D eigenvalue weighted by molar-refractivity contribution is -0.126. The summed E-state index contributed by atoms with van der Waals surface area (Å²) in [6.45, 7) is 6.64. The average Bonchev–Trinajstić information content (AvgIpc) is 3.44. The molecule has 0 aromatic heterocycles. The molecule has 1 N–H and O–H groups in total. The molecule has 4 nitrogen and oxygen atoms in total. The molecular weight excluding hydrogens is 300 g/mol. The van der Waals surface area contributed by atoms with E-state index in [0.29, 0.717) is 0 Å². The third-order valence-corrected chi connectivity index (χ3v) is 4.94. The SMILES string of the molecule is CCCOc1ccc(CN2CCC[C@H](C(=O)NCC3CC3)C2)cc1. The number of piperidine rings is 1. The van der Waals surface area contributed by atoms with E-state index in [1.165, 1.54) is 18.4 Å². The van der Waals surface area contributed by atoms with Gasteiger partial charge in [0.05, 0.1) is 12.5 Å². The molecule has 0 unspecified atom stereocenters. The van der Waals surface area contributed by atoms with Gasteiger partial charge in [0, 0.05) is 19.6 Å². The first kappa shape index (κ1) is 17.3. The fourth-order valence-corrected chi connectivity index (χ4v) is 3.29. The minimum Gasteiger partial charge on any atom is -0.494 e. The Kier molecular flexibility index (Phi) is 6.13. The van der Waals surface area contributed by atoms with Crippen LogP contribution in [0.3, 0.4) is 0 Å². The van der Waals surface area contributed by atoms with E-state index in [2.05, 4.69) is 41.4 Å². The zero-order valence-corrected chi connectivity index (χ0v) is 14.8. The van der Waals surface area contributed by atoms with Crippen molar-refractivity contribution in [3.05, 3.63) is 29.8 Å². The summed E-state index contributed by atoms with van der Waals surface area (Å²) in [4.78, 5) is 14.7. The summed E-state index contributed by atoms with van der Waals surface area (Å²) in [5.74, 6) is 2.11. The van der Waals surface area contributed by atoms with E-state index in [9.17, 15) is 4.79 Å². The van der Waals surface area contributed by atoms with Gasteiger partial charge in [-0.1, -0.05) is 19.1 Å². The number of amides is 1. The number of rotatable bonds is 8. The molecule has 0 radical (unpaired) electrons. The van der Waals surface area contributed by atoms with Crippen molar-refractivity contribution in [2.24, 2.45) is 11.8 Å². The van der Waals surface area contributed by atoms with Crippen LogP contribution in [0.25, 0.3) is 0 Å². The molecular formula is C20H30N2O2. The standard InChI is InChI=1S/C20H30N2O2/c1-2-12-24-19-9-7-17(8-10-19)14-22-11-3-4-18(15-22)20(23)21-13-16-5-6-16/h7-10,16,18H,2-6,11-15H2,1H3,(H,21,23)/t18-/m0/s1. The number of hydrogen-bond acceptors (Lipinski definition) is 3. The van der Waals surface area contributed by atoms with Gasteiger partial charge in [-0.3, -0.25) is 9.69 Å². The summed E-state index contributed by atoms with van der Waals surface area (Å²) >= 11 is 0. The molecule has 132 valence electrons. The largest absolute Gasteiger partial charge is 0.494 e. The van der Waals surface area contributed by atoms with Crippen molar-refractivity contribution in [2.75, 3.05) is 26.2 Å². The first-order chi connectivity index (χ1) is 11.7. The van der Waals surface area contributed by atoms with Crippen LogP contribution in [0, 0.1) is 11.8 Å². The van der Waals surface area contributed by atoms with Crippen molar-refractivity contribution in [1.82, 2.24) is 10.2 Å². The molecule has 1 saturated heterocycles. The van der Waals surface area contributed by atoms with Crippen molar-refractivity contribution in [3.8, 4) is 5.75 Å². The van der Waals surface area contributed by atoms with E-state index in [1.807, 2.05) is 0 Å². The van der Waals surface area contributed by atoms with Crippen molar-refractivity contribution in [2.45, 2.75) is 45.6 Å². The molecule has 1 heterocycles. The molecule has 1 aliphatic carbocycles. The Morgan fingerprint density at radius 2 is 2.04 bits per heavy atom. The smallest absolute Gasteiger partial charge is 0.224 e. The molecule has 1 aromatic carbocycles. The maximum absolute atomic E-state index is 12.3. The highest BCUT2D eigenvalue weighted by molar-refractivity contribution is 5.79. The highest BCUT2D eigenvalue weighted by Gasteiger charge is 2.27. The fourth-order valence-electron chi connectivity index (χ4n) is 3.29. The Morgan fingerprint density at radius 3 is 2.75 bits per heavy atom. The number of carbonyl (C=O) groups excluding carboxylic acids is 1. The topological polar surface area (TPSA) is 41.6 Å². The van der Waals surface area contributed by atoms with Gasteiger partial charge in [-0.15, -0.1) is 0 Å². The number of benzene rings is 1. The third-order valence-electron chi connectivity index (χ3n) is 4.94. The molecule has 2 aliphatic rings. The van der Waals surface area contributed by atoms with E-state index in [4.69, 9.17) is 4.74 Å². The number of hydrogen-bond donors (Lipinski definition) is 1. The zero-order chi connectivity index (χ0) is 16.8. The summed E-state index contributed by atoms with van der Waals surface area (Å²) in [7, 11) is 0. The van der Waals surface area contributed by atoms with Crippen LogP contribution in [-0.2, 0) is 11.3 Å². The number of nitrogens with zero attached hydrogens (tertiary/aromatic N) is 1. The van der Waals surface area contributed by atoms with E-state index in [-0.39, 0.29) is 11.8 Å². The summed E-state index contributed by atoms with van der Waals surface area (Å²) < 4.78 is 5.63. The van der Waals surface area contributed by atoms with Crippen molar-refractivity contribution in [1.29, 1.82) is 0 Å². The maximum atomic E-state index is 12.3. The Morgan fingerprint density at radius 1 is 1.25 bits per heavy atom. The lowest BCUT2D eigenvalue weighted by Crippen LogP contribution is -2.43. The minimum atomic E-state index is 0.157. The van der Waals surface area contributed by atoms with E-state index in [0.717, 1.165) is 63.7 Å². The van der Waals surface area contributed by atoms with Crippen LogP contribution in [-0.4, -0.2) is 37.0 Å². The highest BCUT2D eigenvalue weighted by Crippen LogP contribution is 2.28. The zero-order valence-electron chi connectivity index (χ0n) is 14.8. The Balaban J connectivity index is 1.46. The van der Waals surface area contributed by atoms with Gasteiger partial charge in [-0.25, -0.2) is 0 Å². The molecule has 3 rings (SSSR count). The quantitative estimate of drug-likeness (QED) is 0.796. The molecule has 2 fully saturated rings. The lowest BCUT2D eigenvalue weighted by Gasteiger charge is -2.32. The van der Waals surface area contributed by atoms with Crippen LogP contribution < -0.4 is 10.1 Å². The van der Waals surface area contributed by atoms with E-state index >= 15 is 0 Å². The Labute approximate surface area is 145 Å². The second kappa shape index (κ2) is 8.52. The van der Waals surface area contributed by atoms with Crippen LogP contribution in [0.5, 0.6) is 5.75 Å². The van der Waals surface area contributed by atoms with Crippen molar-refractivity contribution >= 4 is 5.91 Å². The second-order valence-electron chi connectivity index (χ2n) is 7.26. The molecule has 24 heavy (non-hydrogen) atoms. The number of carbonyl (C=O) groups is 1. The third kappa shape index (κ3) is 5.23. The summed E-state index contributed by atoms with van der Waals surface area (Å²) in [5, 5.41) is 3.14. The molecule has 1 atom stereocenters. The van der Waals surface area contributed by atoms with Crippen LogP contribution in [0.2, 0.25) is 0 Å². The van der Waals surface area contributed by atoms with Crippen molar-refractivity contribution < 1.29 is 9.53 Å². The first-order valence-corrected chi connectivity index (χ1v) is 9.46. The van der Waals surface area contributed by atoms with Gasteiger partial charge in [-0.2, -0.15) is 0 Å². The van der Waals surface area contributed by atoms with E-state index in [1.54, 1.807) is 0 Å². The average molecular weight is 330 g/mol. The van der Waals surface area contributed by atoms with Gasteiger partial charge in [-0.05, 0) is 62.3 Å². The van der Waals surface area contributed by atoms with Crippen LogP contribution >= 0.6 is 0 Å². The van der Waals surface area contributed by atoms with Gasteiger partial charge in [0.1, 0.15) is 5.75 Å². The highest BCUT2D eigenvalue weighted by atomic mass is 16.5. The Hall–Kier alpha value is -1.55. The van der Waals surface area contributed by atoms with Crippen LogP contribution in [0.1, 0.15) is 44.6 Å². The van der Waals surface area contributed by atoms with Crippen LogP contribution in [0.4, 0.5) is 0 Å². The van der Waals surface area contributed by atoms with E-state index < -0.39 is 0 Å². The summed E-state index contributed by atoms with van der Waals surface area (Å²) in [6.07, 6.45) is 5.74. The summed E-state index contributed by atoms with van der Waals surface area (Å²) in [6, 6.07) is 8.38. The molecule has 0 bridgehead atoms. The molecule has 1 aliphatic heterocycles. The van der Waals surface area contributed by atoms with Gasteiger partial charge in [0.2, 0.25) is 5.91 Å².